The fourth-order valence-electron chi connectivity index (χ4n) is 4.86. The standard InChI is InChI=1S/C24H26ClN2O2S/c1-17-9-8-10-18(2)23(17)27(22(28)15-25,19-11-4-3-5-12-19)16-26-20-13-6-7-14-21(20)30-24(26)29/h3-7,11-14,17H,8-10,15-16H2,1-2H3/q+1. The monoisotopic (exact) mass is 441 g/mol. The highest BCUT2D eigenvalue weighted by atomic mass is 35.5. The number of carbonyl (C=O) groups is 1. The van der Waals surface area contributed by atoms with Crippen molar-refractivity contribution in [2.24, 2.45) is 5.92 Å². The lowest BCUT2D eigenvalue weighted by atomic mass is 9.86. The molecule has 30 heavy (non-hydrogen) atoms. The van der Waals surface area contributed by atoms with Crippen molar-refractivity contribution in [3.63, 3.8) is 0 Å². The van der Waals surface area contributed by atoms with E-state index in [4.69, 9.17) is 11.6 Å². The minimum Gasteiger partial charge on any atom is -0.256 e. The van der Waals surface area contributed by atoms with E-state index >= 15 is 0 Å². The molecule has 2 unspecified atom stereocenters. The van der Waals surface area contributed by atoms with E-state index < -0.39 is 0 Å². The number of benzene rings is 2. The number of fused-ring (bicyclic) bond motifs is 1. The number of rotatable bonds is 5. The first-order valence-electron chi connectivity index (χ1n) is 10.3. The molecule has 0 N–H and O–H groups in total. The Morgan fingerprint density at radius 3 is 2.57 bits per heavy atom. The van der Waals surface area contributed by atoms with Gasteiger partial charge in [0.05, 0.1) is 10.2 Å². The molecule has 6 heteroatoms. The van der Waals surface area contributed by atoms with Crippen molar-refractivity contribution in [3.8, 4) is 0 Å². The molecule has 2 atom stereocenters. The predicted octanol–water partition coefficient (Wildman–Crippen LogP) is 5.89. The van der Waals surface area contributed by atoms with Crippen molar-refractivity contribution < 1.29 is 4.79 Å². The summed E-state index contributed by atoms with van der Waals surface area (Å²) in [6.07, 6.45) is 3.09. The topological polar surface area (TPSA) is 39.1 Å². The zero-order valence-corrected chi connectivity index (χ0v) is 18.9. The number of alkyl halides is 1. The lowest BCUT2D eigenvalue weighted by Gasteiger charge is -2.41. The van der Waals surface area contributed by atoms with Crippen LogP contribution in [0.1, 0.15) is 33.1 Å². The first-order chi connectivity index (χ1) is 14.5. The minimum atomic E-state index is -0.116. The van der Waals surface area contributed by atoms with E-state index in [1.54, 1.807) is 4.57 Å². The number of halogens is 1. The summed E-state index contributed by atoms with van der Waals surface area (Å²) < 4.78 is 2.64. The fraction of sp³-hybridized carbons (Fsp3) is 0.333. The number of thiazole rings is 1. The van der Waals surface area contributed by atoms with Gasteiger partial charge in [-0.2, -0.15) is 4.48 Å². The second kappa shape index (κ2) is 8.50. The molecule has 0 aliphatic heterocycles. The van der Waals surface area contributed by atoms with Crippen molar-refractivity contribution in [2.45, 2.75) is 39.8 Å². The minimum absolute atomic E-state index is 0.0298. The summed E-state index contributed by atoms with van der Waals surface area (Å²) >= 11 is 7.45. The zero-order chi connectivity index (χ0) is 21.3. The van der Waals surface area contributed by atoms with E-state index in [1.807, 2.05) is 54.6 Å². The normalized spacial score (nSPS) is 19.1. The molecule has 4 rings (SSSR count). The Morgan fingerprint density at radius 2 is 1.87 bits per heavy atom. The molecule has 0 radical (unpaired) electrons. The van der Waals surface area contributed by atoms with Gasteiger partial charge in [-0.1, -0.05) is 48.6 Å². The van der Waals surface area contributed by atoms with Crippen molar-refractivity contribution in [2.75, 3.05) is 5.88 Å². The first-order valence-corrected chi connectivity index (χ1v) is 11.7. The maximum absolute atomic E-state index is 13.7. The number of amides is 1. The molecule has 156 valence electrons. The summed E-state index contributed by atoms with van der Waals surface area (Å²) in [5, 5.41) is 0. The van der Waals surface area contributed by atoms with E-state index in [-0.39, 0.29) is 33.7 Å². The highest BCUT2D eigenvalue weighted by Gasteiger charge is 2.47. The molecule has 1 aromatic heterocycles. The van der Waals surface area contributed by atoms with Crippen LogP contribution in [0.5, 0.6) is 0 Å². The van der Waals surface area contributed by atoms with Gasteiger partial charge in [0, 0.05) is 18.1 Å². The second-order valence-electron chi connectivity index (χ2n) is 8.04. The largest absolute Gasteiger partial charge is 0.339 e. The zero-order valence-electron chi connectivity index (χ0n) is 17.3. The van der Waals surface area contributed by atoms with Gasteiger partial charge >= 0.3 is 10.8 Å². The number of hydrogen-bond donors (Lipinski definition) is 0. The summed E-state index contributed by atoms with van der Waals surface area (Å²) in [6.45, 7) is 4.52. The number of quaternary nitrogens is 1. The van der Waals surface area contributed by atoms with Crippen LogP contribution in [-0.4, -0.2) is 16.4 Å². The number of hydrogen-bond acceptors (Lipinski definition) is 3. The summed E-state index contributed by atoms with van der Waals surface area (Å²) in [5.41, 5.74) is 4.02. The maximum atomic E-state index is 13.7. The first kappa shape index (κ1) is 21.0. The molecule has 0 saturated heterocycles. The van der Waals surface area contributed by atoms with Crippen molar-refractivity contribution in [3.05, 3.63) is 75.5 Å². The molecule has 1 heterocycles. The van der Waals surface area contributed by atoms with Gasteiger partial charge in [0.15, 0.2) is 6.67 Å². The van der Waals surface area contributed by atoms with Crippen molar-refractivity contribution >= 4 is 44.7 Å². The molecule has 0 saturated carbocycles. The van der Waals surface area contributed by atoms with Crippen LogP contribution in [0, 0.1) is 5.92 Å². The van der Waals surface area contributed by atoms with Gasteiger partial charge in [-0.05, 0) is 43.9 Å². The predicted molar refractivity (Wildman–Crippen MR) is 126 cm³/mol. The number of nitrogens with zero attached hydrogens (tertiary/aromatic N) is 2. The Balaban J connectivity index is 2.03. The molecular formula is C24H26ClN2O2S+. The Morgan fingerprint density at radius 1 is 1.17 bits per heavy atom. The van der Waals surface area contributed by atoms with Crippen LogP contribution in [-0.2, 0) is 11.5 Å². The molecule has 1 amide bonds. The molecule has 0 fully saturated rings. The summed E-state index contributed by atoms with van der Waals surface area (Å²) in [7, 11) is 0. The smallest absolute Gasteiger partial charge is 0.256 e. The molecule has 2 aromatic carbocycles. The number of carbonyl (C=O) groups excluding carboxylic acids is 1. The van der Waals surface area contributed by atoms with Gasteiger partial charge in [-0.3, -0.25) is 4.79 Å². The summed E-state index contributed by atoms with van der Waals surface area (Å²) in [4.78, 5) is 26.7. The molecule has 3 aromatic rings. The SMILES string of the molecule is CC1=C([N+](Cn2c(=O)sc3ccccc32)(C(=O)CCl)c2ccccc2)C(C)CCC1. The third-order valence-corrected chi connectivity index (χ3v) is 7.36. The van der Waals surface area contributed by atoms with Crippen LogP contribution in [0.15, 0.2) is 70.7 Å². The van der Waals surface area contributed by atoms with Crippen LogP contribution in [0.25, 0.3) is 10.2 Å². The van der Waals surface area contributed by atoms with E-state index in [0.717, 1.165) is 40.9 Å². The molecule has 1 aliphatic carbocycles. The van der Waals surface area contributed by atoms with Gasteiger partial charge < -0.3 is 0 Å². The van der Waals surface area contributed by atoms with Crippen LogP contribution >= 0.6 is 22.9 Å². The Kier molecular flexibility index (Phi) is 5.96. The molecule has 0 bridgehead atoms. The second-order valence-corrected chi connectivity index (χ2v) is 9.30. The van der Waals surface area contributed by atoms with Crippen LogP contribution < -0.4 is 9.36 Å². The number of allylic oxidation sites excluding steroid dienone is 2. The molecular weight excluding hydrogens is 416 g/mol. The lowest BCUT2D eigenvalue weighted by molar-refractivity contribution is -0.128. The number of aromatic nitrogens is 1. The van der Waals surface area contributed by atoms with Crippen LogP contribution in [0.3, 0.4) is 0 Å². The van der Waals surface area contributed by atoms with Gasteiger partial charge in [-0.25, -0.2) is 9.36 Å². The maximum Gasteiger partial charge on any atom is 0.339 e. The highest BCUT2D eigenvalue weighted by molar-refractivity contribution is 7.16. The third-order valence-electron chi connectivity index (χ3n) is 6.17. The lowest BCUT2D eigenvalue weighted by Crippen LogP contribution is -2.57. The quantitative estimate of drug-likeness (QED) is 0.366. The van der Waals surface area contributed by atoms with Crippen LogP contribution in [0.4, 0.5) is 5.69 Å². The van der Waals surface area contributed by atoms with Gasteiger partial charge in [0.1, 0.15) is 17.3 Å². The van der Waals surface area contributed by atoms with E-state index in [2.05, 4.69) is 13.8 Å². The Bertz CT molecular complexity index is 1160. The Hall–Kier alpha value is -2.21. The van der Waals surface area contributed by atoms with E-state index in [0.29, 0.717) is 0 Å². The average molecular weight is 442 g/mol. The van der Waals surface area contributed by atoms with Crippen molar-refractivity contribution in [1.29, 1.82) is 0 Å². The van der Waals surface area contributed by atoms with Gasteiger partial charge in [0.2, 0.25) is 0 Å². The third kappa shape index (κ3) is 3.45. The summed E-state index contributed by atoms with van der Waals surface area (Å²) in [6, 6.07) is 17.6. The molecule has 4 nitrogen and oxygen atoms in total. The molecule has 1 aliphatic rings. The Labute approximate surface area is 185 Å². The summed E-state index contributed by atoms with van der Waals surface area (Å²) in [5.74, 6) is 0.00902. The van der Waals surface area contributed by atoms with Gasteiger partial charge in [0.25, 0.3) is 0 Å². The fourth-order valence-corrected chi connectivity index (χ4v) is 5.95. The van der Waals surface area contributed by atoms with Crippen molar-refractivity contribution in [1.82, 2.24) is 9.05 Å². The van der Waals surface area contributed by atoms with Crippen LogP contribution in [0.2, 0.25) is 0 Å². The van der Waals surface area contributed by atoms with E-state index in [9.17, 15) is 9.59 Å². The molecule has 0 spiro atoms. The average Bonchev–Trinajstić information content (AvgIpc) is 3.07. The highest BCUT2D eigenvalue weighted by Crippen LogP contribution is 2.42. The number of para-hydroxylation sites is 2. The van der Waals surface area contributed by atoms with Gasteiger partial charge in [-0.15, -0.1) is 11.6 Å². The van der Waals surface area contributed by atoms with E-state index in [1.165, 1.54) is 16.9 Å².